The van der Waals surface area contributed by atoms with Gasteiger partial charge in [-0.15, -0.1) is 0 Å². The number of amidine groups is 1. The number of nitrogens with one attached hydrogen (secondary N) is 1. The van der Waals surface area contributed by atoms with E-state index < -0.39 is 16.6 Å². The second-order valence-electron chi connectivity index (χ2n) is 5.32. The lowest BCUT2D eigenvalue weighted by Crippen LogP contribution is -2.19. The molecule has 28 heavy (non-hydrogen) atoms. The molecule has 0 unspecified atom stereocenters. The average Bonchev–Trinajstić information content (AvgIpc) is 3.13. The third kappa shape index (κ3) is 4.17. The van der Waals surface area contributed by atoms with Crippen molar-refractivity contribution in [2.45, 2.75) is 0 Å². The minimum Gasteiger partial charge on any atom is -0.382 e. The number of aromatic nitrogens is 2. The Hall–Kier alpha value is -3.67. The first kappa shape index (κ1) is 19.1. The molecule has 142 valence electrons. The average molecular weight is 449 g/mol. The first-order valence-corrected chi connectivity index (χ1v) is 8.32. The zero-order valence-corrected chi connectivity index (χ0v) is 15.4. The molecule has 12 heteroatoms. The second kappa shape index (κ2) is 7.92. The van der Waals surface area contributed by atoms with Crippen molar-refractivity contribution >= 4 is 44.9 Å². The van der Waals surface area contributed by atoms with Crippen LogP contribution in [0.3, 0.4) is 0 Å². The van der Waals surface area contributed by atoms with E-state index in [0.717, 1.165) is 6.07 Å². The van der Waals surface area contributed by atoms with Crippen molar-refractivity contribution in [3.05, 3.63) is 74.1 Å². The van der Waals surface area contributed by atoms with Gasteiger partial charge in [-0.2, -0.15) is 0 Å². The summed E-state index contributed by atoms with van der Waals surface area (Å²) in [6.07, 6.45) is 0. The van der Waals surface area contributed by atoms with Crippen LogP contribution in [0.1, 0.15) is 16.1 Å². The lowest BCUT2D eigenvalue weighted by molar-refractivity contribution is -0.384. The summed E-state index contributed by atoms with van der Waals surface area (Å²) in [6.45, 7) is 0. The van der Waals surface area contributed by atoms with Crippen LogP contribution in [0.4, 0.5) is 21.6 Å². The smallest absolute Gasteiger partial charge is 0.270 e. The van der Waals surface area contributed by atoms with E-state index in [2.05, 4.69) is 41.2 Å². The van der Waals surface area contributed by atoms with Crippen LogP contribution in [0.15, 0.2) is 56.6 Å². The molecule has 0 saturated heterocycles. The highest BCUT2D eigenvalue weighted by molar-refractivity contribution is 9.10. The summed E-state index contributed by atoms with van der Waals surface area (Å²) in [5.74, 6) is -1.42. The molecule has 0 bridgehead atoms. The number of non-ortho nitro benzene ring substituents is 1. The molecular weight excluding hydrogens is 439 g/mol. The minimum atomic E-state index is -0.682. The first-order chi connectivity index (χ1) is 13.3. The van der Waals surface area contributed by atoms with Crippen molar-refractivity contribution in [1.29, 1.82) is 0 Å². The lowest BCUT2D eigenvalue weighted by atomic mass is 10.2. The number of halogens is 2. The largest absolute Gasteiger partial charge is 0.382 e. The highest BCUT2D eigenvalue weighted by Gasteiger charge is 2.19. The number of anilines is 1. The molecule has 0 aliphatic heterocycles. The van der Waals surface area contributed by atoms with E-state index in [0.29, 0.717) is 5.69 Å². The van der Waals surface area contributed by atoms with Gasteiger partial charge in [-0.25, -0.2) is 14.0 Å². The molecule has 3 N–H and O–H groups in total. The van der Waals surface area contributed by atoms with Crippen LogP contribution in [-0.4, -0.2) is 27.0 Å². The molecule has 0 radical (unpaired) electrons. The molecule has 1 heterocycles. The number of hydrogen-bond donors (Lipinski definition) is 2. The SMILES string of the molecule is NC(=Nc1ccc(F)c(Br)c1)c1nonc1NC(=O)c1cccc([N+](=O)[O-])c1. The van der Waals surface area contributed by atoms with Crippen molar-refractivity contribution in [3.8, 4) is 0 Å². The molecule has 3 aromatic rings. The lowest BCUT2D eigenvalue weighted by Gasteiger charge is -2.03. The molecule has 10 nitrogen and oxygen atoms in total. The predicted molar refractivity (Wildman–Crippen MR) is 99.8 cm³/mol. The number of rotatable bonds is 5. The van der Waals surface area contributed by atoms with Gasteiger partial charge in [-0.05, 0) is 50.5 Å². The van der Waals surface area contributed by atoms with Gasteiger partial charge in [0, 0.05) is 17.7 Å². The number of nitrogens with zero attached hydrogens (tertiary/aromatic N) is 4. The normalized spacial score (nSPS) is 11.3. The quantitative estimate of drug-likeness (QED) is 0.263. The summed E-state index contributed by atoms with van der Waals surface area (Å²) in [5, 5.41) is 20.4. The van der Waals surface area contributed by atoms with Crippen LogP contribution >= 0.6 is 15.9 Å². The highest BCUT2D eigenvalue weighted by Crippen LogP contribution is 2.23. The van der Waals surface area contributed by atoms with Crippen molar-refractivity contribution in [2.75, 3.05) is 5.32 Å². The van der Waals surface area contributed by atoms with Crippen molar-refractivity contribution in [2.24, 2.45) is 10.7 Å². The zero-order valence-electron chi connectivity index (χ0n) is 13.8. The predicted octanol–water partition coefficient (Wildman–Crippen LogP) is 3.17. The van der Waals surface area contributed by atoms with Gasteiger partial charge in [-0.3, -0.25) is 14.9 Å². The Bertz CT molecular complexity index is 1100. The number of nitrogens with two attached hydrogens (primary N) is 1. The summed E-state index contributed by atoms with van der Waals surface area (Å²) in [6, 6.07) is 9.11. The van der Waals surface area contributed by atoms with Crippen LogP contribution in [0, 0.1) is 15.9 Å². The zero-order chi connectivity index (χ0) is 20.3. The van der Waals surface area contributed by atoms with Crippen LogP contribution in [0.2, 0.25) is 0 Å². The van der Waals surface area contributed by atoms with Gasteiger partial charge in [0.05, 0.1) is 15.1 Å². The highest BCUT2D eigenvalue weighted by atomic mass is 79.9. The second-order valence-corrected chi connectivity index (χ2v) is 6.17. The van der Waals surface area contributed by atoms with Gasteiger partial charge in [0.25, 0.3) is 11.6 Å². The minimum absolute atomic E-state index is 0.0288. The molecule has 0 aliphatic carbocycles. The van der Waals surface area contributed by atoms with Gasteiger partial charge in [0.2, 0.25) is 5.82 Å². The van der Waals surface area contributed by atoms with Crippen LogP contribution in [0.25, 0.3) is 0 Å². The van der Waals surface area contributed by atoms with Crippen molar-refractivity contribution in [3.63, 3.8) is 0 Å². The number of benzene rings is 2. The Balaban J connectivity index is 1.84. The third-order valence-corrected chi connectivity index (χ3v) is 4.04. The van der Waals surface area contributed by atoms with E-state index >= 15 is 0 Å². The van der Waals surface area contributed by atoms with Crippen molar-refractivity contribution < 1.29 is 18.7 Å². The van der Waals surface area contributed by atoms with E-state index in [-0.39, 0.29) is 33.1 Å². The Morgan fingerprint density at radius 2 is 2.07 bits per heavy atom. The van der Waals surface area contributed by atoms with E-state index in [1.807, 2.05) is 0 Å². The van der Waals surface area contributed by atoms with Crippen LogP contribution in [0.5, 0.6) is 0 Å². The van der Waals surface area contributed by atoms with Gasteiger partial charge in [0.15, 0.2) is 11.5 Å². The Morgan fingerprint density at radius 3 is 2.79 bits per heavy atom. The number of nitro benzene ring substituents is 1. The maximum atomic E-state index is 13.3. The van der Waals surface area contributed by atoms with E-state index in [1.165, 1.54) is 36.4 Å². The Morgan fingerprint density at radius 1 is 1.29 bits per heavy atom. The van der Waals surface area contributed by atoms with E-state index in [4.69, 9.17) is 5.73 Å². The third-order valence-electron chi connectivity index (χ3n) is 3.43. The number of hydrogen-bond acceptors (Lipinski definition) is 7. The van der Waals surface area contributed by atoms with Gasteiger partial charge < -0.3 is 11.1 Å². The number of carbonyl (C=O) groups is 1. The molecular formula is C16H10BrFN6O4. The fourth-order valence-corrected chi connectivity index (χ4v) is 2.49. The fourth-order valence-electron chi connectivity index (χ4n) is 2.13. The number of amides is 1. The molecule has 0 fully saturated rings. The molecule has 0 atom stereocenters. The first-order valence-electron chi connectivity index (χ1n) is 7.53. The molecule has 1 amide bonds. The van der Waals surface area contributed by atoms with Gasteiger partial charge in [-0.1, -0.05) is 6.07 Å². The monoisotopic (exact) mass is 448 g/mol. The maximum Gasteiger partial charge on any atom is 0.270 e. The molecule has 0 saturated carbocycles. The summed E-state index contributed by atoms with van der Waals surface area (Å²) in [7, 11) is 0. The molecule has 1 aromatic heterocycles. The van der Waals surface area contributed by atoms with Crippen molar-refractivity contribution in [1.82, 2.24) is 10.3 Å². The fraction of sp³-hybridized carbons (Fsp3) is 0. The number of nitro groups is 1. The molecule has 0 spiro atoms. The summed E-state index contributed by atoms with van der Waals surface area (Å²) in [4.78, 5) is 26.6. The summed E-state index contributed by atoms with van der Waals surface area (Å²) < 4.78 is 18.1. The molecule has 0 aliphatic rings. The van der Waals surface area contributed by atoms with Gasteiger partial charge in [0.1, 0.15) is 5.82 Å². The number of carbonyl (C=O) groups excluding carboxylic acids is 1. The van der Waals surface area contributed by atoms with Crippen LogP contribution in [-0.2, 0) is 0 Å². The van der Waals surface area contributed by atoms with Gasteiger partial charge >= 0.3 is 0 Å². The molecule has 3 rings (SSSR count). The summed E-state index contributed by atoms with van der Waals surface area (Å²) in [5.41, 5.74) is 5.93. The standard InChI is InChI=1S/C16H10BrFN6O4/c17-11-7-9(4-5-12(11)18)20-14(19)13-15(23-28-22-13)21-16(25)8-2-1-3-10(6-8)24(26)27/h1-7H,(H2,19,20)(H,21,23,25). The maximum absolute atomic E-state index is 13.3. The Labute approximate surface area is 164 Å². The number of aliphatic imine (C=N–C) groups is 1. The van der Waals surface area contributed by atoms with E-state index in [1.54, 1.807) is 0 Å². The van der Waals surface area contributed by atoms with E-state index in [9.17, 15) is 19.3 Å². The summed E-state index contributed by atoms with van der Waals surface area (Å²) >= 11 is 3.04. The van der Waals surface area contributed by atoms with Crippen LogP contribution < -0.4 is 11.1 Å². The Kier molecular flexibility index (Phi) is 5.40. The topological polar surface area (TPSA) is 150 Å². The molecule has 2 aromatic carbocycles.